The lowest BCUT2D eigenvalue weighted by Crippen LogP contribution is -2.33. The summed E-state index contributed by atoms with van der Waals surface area (Å²) >= 11 is 0. The second kappa shape index (κ2) is 5.53. The van der Waals surface area contributed by atoms with Gasteiger partial charge in [0, 0.05) is 6.04 Å². The maximum atomic E-state index is 12.9. The molecule has 0 radical (unpaired) electrons. The molecule has 1 atom stereocenters. The fraction of sp³-hybridized carbons (Fsp3) is 0.231. The molecule has 0 fully saturated rings. The van der Waals surface area contributed by atoms with Gasteiger partial charge in [0.05, 0.1) is 6.20 Å². The summed E-state index contributed by atoms with van der Waals surface area (Å²) in [5, 5.41) is 2.70. The average Bonchev–Trinajstić information content (AvgIpc) is 2.55. The molecule has 1 unspecified atom stereocenters. The first kappa shape index (κ1) is 12.4. The van der Waals surface area contributed by atoms with Gasteiger partial charge in [-0.15, -0.1) is 0 Å². The Hall–Kier alpha value is -2.04. The summed E-state index contributed by atoms with van der Waals surface area (Å²) in [6, 6.07) is 2.24. The molecule has 0 saturated heterocycles. The van der Waals surface area contributed by atoms with Crippen LogP contribution in [0.15, 0.2) is 42.4 Å². The molecule has 1 aliphatic rings. The third-order valence-corrected chi connectivity index (χ3v) is 2.58. The van der Waals surface area contributed by atoms with E-state index in [-0.39, 0.29) is 17.6 Å². The minimum Gasteiger partial charge on any atom is -0.344 e. The lowest BCUT2D eigenvalue weighted by atomic mass is 10.1. The highest BCUT2D eigenvalue weighted by Crippen LogP contribution is 2.12. The van der Waals surface area contributed by atoms with Crippen LogP contribution >= 0.6 is 0 Å². The molecule has 1 aromatic heterocycles. The predicted octanol–water partition coefficient (Wildman–Crippen LogP) is 2.52. The van der Waals surface area contributed by atoms with Gasteiger partial charge in [-0.3, -0.25) is 4.79 Å². The first-order valence-corrected chi connectivity index (χ1v) is 5.61. The molecular formula is C13H12F2N2O. The van der Waals surface area contributed by atoms with Gasteiger partial charge in [-0.25, -0.2) is 13.8 Å². The summed E-state index contributed by atoms with van der Waals surface area (Å²) in [7, 11) is 0. The Morgan fingerprint density at radius 3 is 2.94 bits per heavy atom. The zero-order valence-corrected chi connectivity index (χ0v) is 9.57. The van der Waals surface area contributed by atoms with Crippen molar-refractivity contribution in [1.82, 2.24) is 10.3 Å². The Kier molecular flexibility index (Phi) is 3.82. The van der Waals surface area contributed by atoms with Crippen molar-refractivity contribution in [2.24, 2.45) is 0 Å². The van der Waals surface area contributed by atoms with Crippen LogP contribution < -0.4 is 5.32 Å². The van der Waals surface area contributed by atoms with Crippen LogP contribution in [0, 0.1) is 5.82 Å². The molecule has 1 aliphatic carbocycles. The SMILES string of the molecule is O=C(NC1C=CC(F)=CCC1)c1ccc(F)cn1. The number of carbonyl (C=O) groups excluding carboxylic acids is 1. The van der Waals surface area contributed by atoms with Crippen LogP contribution in [-0.4, -0.2) is 16.9 Å². The molecular weight excluding hydrogens is 238 g/mol. The van der Waals surface area contributed by atoms with E-state index in [1.54, 1.807) is 6.08 Å². The molecule has 1 aromatic rings. The van der Waals surface area contributed by atoms with Gasteiger partial charge in [0.25, 0.3) is 5.91 Å². The minimum atomic E-state index is -0.493. The molecule has 0 aromatic carbocycles. The topological polar surface area (TPSA) is 42.0 Å². The lowest BCUT2D eigenvalue weighted by molar-refractivity contribution is 0.0938. The maximum Gasteiger partial charge on any atom is 0.270 e. The largest absolute Gasteiger partial charge is 0.344 e. The summed E-state index contributed by atoms with van der Waals surface area (Å²) in [4.78, 5) is 15.5. The molecule has 18 heavy (non-hydrogen) atoms. The fourth-order valence-corrected chi connectivity index (χ4v) is 1.65. The van der Waals surface area contributed by atoms with Gasteiger partial charge in [0.15, 0.2) is 0 Å². The minimum absolute atomic E-state index is 0.141. The van der Waals surface area contributed by atoms with Gasteiger partial charge >= 0.3 is 0 Å². The van der Waals surface area contributed by atoms with Gasteiger partial charge in [-0.05, 0) is 37.1 Å². The van der Waals surface area contributed by atoms with Crippen molar-refractivity contribution in [1.29, 1.82) is 0 Å². The summed E-state index contributed by atoms with van der Waals surface area (Å²) in [6.45, 7) is 0. The van der Waals surface area contributed by atoms with Gasteiger partial charge in [-0.1, -0.05) is 6.08 Å². The molecule has 2 rings (SSSR count). The molecule has 0 aliphatic heterocycles. The van der Waals surface area contributed by atoms with Gasteiger partial charge < -0.3 is 5.32 Å². The van der Waals surface area contributed by atoms with Crippen molar-refractivity contribution in [3.63, 3.8) is 0 Å². The van der Waals surface area contributed by atoms with E-state index < -0.39 is 11.7 Å². The van der Waals surface area contributed by atoms with E-state index in [0.29, 0.717) is 12.8 Å². The summed E-state index contributed by atoms with van der Waals surface area (Å²) in [5.41, 5.74) is 0.141. The highest BCUT2D eigenvalue weighted by Gasteiger charge is 2.13. The Labute approximate surface area is 103 Å². The van der Waals surface area contributed by atoms with E-state index in [4.69, 9.17) is 0 Å². The molecule has 3 nitrogen and oxygen atoms in total. The number of allylic oxidation sites excluding steroid dienone is 3. The fourth-order valence-electron chi connectivity index (χ4n) is 1.65. The number of aromatic nitrogens is 1. The van der Waals surface area contributed by atoms with Crippen molar-refractivity contribution in [3.05, 3.63) is 53.9 Å². The van der Waals surface area contributed by atoms with E-state index in [0.717, 1.165) is 6.20 Å². The summed E-state index contributed by atoms with van der Waals surface area (Å²) in [5.74, 6) is -1.19. The second-order valence-electron chi connectivity index (χ2n) is 3.97. The Morgan fingerprint density at radius 2 is 2.22 bits per heavy atom. The monoisotopic (exact) mass is 250 g/mol. The molecule has 1 heterocycles. The smallest absolute Gasteiger partial charge is 0.270 e. The first-order chi connectivity index (χ1) is 8.65. The number of nitrogens with zero attached hydrogens (tertiary/aromatic N) is 1. The first-order valence-electron chi connectivity index (χ1n) is 5.61. The molecule has 0 spiro atoms. The van der Waals surface area contributed by atoms with Crippen molar-refractivity contribution in [2.75, 3.05) is 0 Å². The van der Waals surface area contributed by atoms with Crippen LogP contribution in [-0.2, 0) is 0 Å². The highest BCUT2D eigenvalue weighted by molar-refractivity contribution is 5.92. The number of amides is 1. The number of rotatable bonds is 2. The number of hydrogen-bond donors (Lipinski definition) is 1. The normalized spacial score (nSPS) is 19.0. The van der Waals surface area contributed by atoms with E-state index in [2.05, 4.69) is 10.3 Å². The number of carbonyl (C=O) groups is 1. The van der Waals surface area contributed by atoms with Crippen LogP contribution in [0.1, 0.15) is 23.3 Å². The van der Waals surface area contributed by atoms with Crippen LogP contribution in [0.3, 0.4) is 0 Å². The van der Waals surface area contributed by atoms with E-state index >= 15 is 0 Å². The lowest BCUT2D eigenvalue weighted by Gasteiger charge is -2.12. The van der Waals surface area contributed by atoms with Crippen LogP contribution in [0.5, 0.6) is 0 Å². The summed E-state index contributed by atoms with van der Waals surface area (Å²) in [6.07, 6.45) is 6.56. The molecule has 0 saturated carbocycles. The number of hydrogen-bond acceptors (Lipinski definition) is 2. The van der Waals surface area contributed by atoms with Crippen molar-refractivity contribution in [3.8, 4) is 0 Å². The van der Waals surface area contributed by atoms with Crippen molar-refractivity contribution < 1.29 is 13.6 Å². The van der Waals surface area contributed by atoms with E-state index in [9.17, 15) is 13.6 Å². The Morgan fingerprint density at radius 1 is 1.39 bits per heavy atom. The Bertz CT molecular complexity index is 494. The number of halogens is 2. The third kappa shape index (κ3) is 3.23. The highest BCUT2D eigenvalue weighted by atomic mass is 19.1. The molecule has 94 valence electrons. The number of nitrogens with one attached hydrogen (secondary N) is 1. The van der Waals surface area contributed by atoms with Gasteiger partial charge in [0.1, 0.15) is 17.3 Å². The number of pyridine rings is 1. The maximum absolute atomic E-state index is 12.9. The van der Waals surface area contributed by atoms with E-state index in [1.165, 1.54) is 24.3 Å². The Balaban J connectivity index is 1.99. The van der Waals surface area contributed by atoms with Crippen molar-refractivity contribution in [2.45, 2.75) is 18.9 Å². The van der Waals surface area contributed by atoms with Crippen LogP contribution in [0.4, 0.5) is 8.78 Å². The van der Waals surface area contributed by atoms with Crippen molar-refractivity contribution >= 4 is 5.91 Å². The second-order valence-corrected chi connectivity index (χ2v) is 3.97. The third-order valence-electron chi connectivity index (χ3n) is 2.58. The molecule has 1 amide bonds. The van der Waals surface area contributed by atoms with E-state index in [1.807, 2.05) is 0 Å². The predicted molar refractivity (Wildman–Crippen MR) is 63.0 cm³/mol. The quantitative estimate of drug-likeness (QED) is 0.876. The standard InChI is InChI=1S/C13H12F2N2O/c14-9-2-1-3-11(6-4-9)17-13(18)12-7-5-10(15)8-16-12/h2,4-8,11H,1,3H2,(H,17,18). The molecule has 5 heteroatoms. The van der Waals surface area contributed by atoms with Gasteiger partial charge in [-0.2, -0.15) is 0 Å². The average molecular weight is 250 g/mol. The zero-order chi connectivity index (χ0) is 13.0. The summed E-state index contributed by atoms with van der Waals surface area (Å²) < 4.78 is 25.6. The van der Waals surface area contributed by atoms with Crippen LogP contribution in [0.25, 0.3) is 0 Å². The zero-order valence-electron chi connectivity index (χ0n) is 9.57. The molecule has 1 N–H and O–H groups in total. The van der Waals surface area contributed by atoms with Gasteiger partial charge in [0.2, 0.25) is 0 Å². The molecule has 0 bridgehead atoms. The van der Waals surface area contributed by atoms with Crippen LogP contribution in [0.2, 0.25) is 0 Å².